The van der Waals surface area contributed by atoms with Crippen LogP contribution in [-0.4, -0.2) is 18.0 Å². The zero-order chi connectivity index (χ0) is 10.8. The summed E-state index contributed by atoms with van der Waals surface area (Å²) in [6, 6.07) is 6.70. The highest BCUT2D eigenvalue weighted by Gasteiger charge is 2.18. The molecular formula is C13H20N2. The van der Waals surface area contributed by atoms with Gasteiger partial charge in [0.25, 0.3) is 0 Å². The second kappa shape index (κ2) is 4.33. The first kappa shape index (κ1) is 10.7. The average molecular weight is 204 g/mol. The third kappa shape index (κ3) is 2.06. The van der Waals surface area contributed by atoms with Crippen molar-refractivity contribution >= 4 is 0 Å². The Balaban J connectivity index is 2.36. The molecule has 0 aromatic heterocycles. The van der Waals surface area contributed by atoms with E-state index in [4.69, 9.17) is 5.73 Å². The highest BCUT2D eigenvalue weighted by Crippen LogP contribution is 2.25. The minimum absolute atomic E-state index is 0.150. The van der Waals surface area contributed by atoms with Gasteiger partial charge >= 0.3 is 0 Å². The Hall–Kier alpha value is -0.860. The van der Waals surface area contributed by atoms with E-state index in [9.17, 15) is 0 Å². The Kier molecular flexibility index (Phi) is 3.08. The molecule has 1 aliphatic heterocycles. The van der Waals surface area contributed by atoms with Crippen LogP contribution in [-0.2, 0) is 13.0 Å². The first-order valence-corrected chi connectivity index (χ1v) is 5.81. The molecule has 0 spiro atoms. The maximum Gasteiger partial charge on any atom is 0.0269 e. The Morgan fingerprint density at radius 1 is 1.47 bits per heavy atom. The van der Waals surface area contributed by atoms with Gasteiger partial charge in [-0.15, -0.1) is 0 Å². The van der Waals surface area contributed by atoms with E-state index in [1.54, 1.807) is 0 Å². The summed E-state index contributed by atoms with van der Waals surface area (Å²) in [6.45, 7) is 7.68. The molecule has 0 bridgehead atoms. The van der Waals surface area contributed by atoms with Crippen LogP contribution in [0.25, 0.3) is 0 Å². The van der Waals surface area contributed by atoms with E-state index in [1.807, 2.05) is 0 Å². The van der Waals surface area contributed by atoms with E-state index in [-0.39, 0.29) is 6.04 Å². The lowest BCUT2D eigenvalue weighted by Gasteiger charge is -2.30. The largest absolute Gasteiger partial charge is 0.324 e. The fourth-order valence-corrected chi connectivity index (χ4v) is 2.36. The van der Waals surface area contributed by atoms with E-state index < -0.39 is 0 Å². The van der Waals surface area contributed by atoms with Gasteiger partial charge in [0.2, 0.25) is 0 Å². The number of benzene rings is 1. The molecule has 2 nitrogen and oxygen atoms in total. The molecule has 0 amide bonds. The maximum atomic E-state index is 6.01. The number of rotatable bonds is 2. The van der Waals surface area contributed by atoms with Crippen molar-refractivity contribution in [1.82, 2.24) is 4.90 Å². The third-order valence-corrected chi connectivity index (χ3v) is 3.33. The topological polar surface area (TPSA) is 29.3 Å². The molecular weight excluding hydrogens is 184 g/mol. The summed E-state index contributed by atoms with van der Waals surface area (Å²) in [4.78, 5) is 2.48. The first-order chi connectivity index (χ1) is 7.22. The smallest absolute Gasteiger partial charge is 0.0269 e. The molecule has 1 aromatic rings. The Labute approximate surface area is 92.1 Å². The van der Waals surface area contributed by atoms with E-state index in [2.05, 4.69) is 36.9 Å². The number of likely N-dealkylation sites (N-methyl/N-ethyl adjacent to an activating group) is 1. The summed E-state index contributed by atoms with van der Waals surface area (Å²) in [5, 5.41) is 0. The molecule has 0 saturated heterocycles. The second-order valence-electron chi connectivity index (χ2n) is 4.39. The van der Waals surface area contributed by atoms with Gasteiger partial charge in [0.15, 0.2) is 0 Å². The standard InChI is InChI=1S/C13H20N2/c1-3-15-8-7-11-5-4-6-12(10(2)14)13(11)9-15/h4-6,10H,3,7-9,14H2,1-2H3. The highest BCUT2D eigenvalue weighted by molar-refractivity contribution is 5.38. The zero-order valence-corrected chi connectivity index (χ0v) is 9.66. The minimum atomic E-state index is 0.150. The van der Waals surface area contributed by atoms with Gasteiger partial charge in [0, 0.05) is 19.1 Å². The van der Waals surface area contributed by atoms with Crippen LogP contribution < -0.4 is 5.73 Å². The van der Waals surface area contributed by atoms with E-state index in [0.29, 0.717) is 0 Å². The van der Waals surface area contributed by atoms with Gasteiger partial charge in [0.1, 0.15) is 0 Å². The quantitative estimate of drug-likeness (QED) is 0.799. The van der Waals surface area contributed by atoms with Gasteiger partial charge in [-0.1, -0.05) is 25.1 Å². The predicted octanol–water partition coefficient (Wildman–Crippen LogP) is 2.08. The van der Waals surface area contributed by atoms with Gasteiger partial charge < -0.3 is 5.73 Å². The zero-order valence-electron chi connectivity index (χ0n) is 9.66. The summed E-state index contributed by atoms with van der Waals surface area (Å²) < 4.78 is 0. The Bertz CT molecular complexity index is 344. The molecule has 2 rings (SSSR count). The van der Waals surface area contributed by atoms with Gasteiger partial charge in [-0.2, -0.15) is 0 Å². The third-order valence-electron chi connectivity index (χ3n) is 3.33. The lowest BCUT2D eigenvalue weighted by atomic mass is 9.92. The first-order valence-electron chi connectivity index (χ1n) is 5.81. The molecule has 2 N–H and O–H groups in total. The Morgan fingerprint density at radius 2 is 2.27 bits per heavy atom. The van der Waals surface area contributed by atoms with Crippen LogP contribution >= 0.6 is 0 Å². The number of hydrogen-bond acceptors (Lipinski definition) is 2. The summed E-state index contributed by atoms with van der Waals surface area (Å²) in [7, 11) is 0. The van der Waals surface area contributed by atoms with Crippen LogP contribution in [0.4, 0.5) is 0 Å². The van der Waals surface area contributed by atoms with Crippen LogP contribution in [0.15, 0.2) is 18.2 Å². The fraction of sp³-hybridized carbons (Fsp3) is 0.538. The molecule has 0 aliphatic carbocycles. The molecule has 1 aromatic carbocycles. The molecule has 2 heteroatoms. The normalized spacial score (nSPS) is 18.6. The van der Waals surface area contributed by atoms with Gasteiger partial charge in [-0.05, 0) is 36.6 Å². The SMILES string of the molecule is CCN1CCc2cccc(C(C)N)c2C1. The van der Waals surface area contributed by atoms with Crippen molar-refractivity contribution in [2.24, 2.45) is 5.73 Å². The van der Waals surface area contributed by atoms with Crippen molar-refractivity contribution in [3.63, 3.8) is 0 Å². The molecule has 0 radical (unpaired) electrons. The number of nitrogens with zero attached hydrogens (tertiary/aromatic N) is 1. The molecule has 1 atom stereocenters. The van der Waals surface area contributed by atoms with Crippen LogP contribution in [0.1, 0.15) is 36.6 Å². The summed E-state index contributed by atoms with van der Waals surface area (Å²) in [5.41, 5.74) is 10.3. The van der Waals surface area contributed by atoms with Crippen molar-refractivity contribution in [3.05, 3.63) is 34.9 Å². The number of hydrogen-bond donors (Lipinski definition) is 1. The van der Waals surface area contributed by atoms with Crippen molar-refractivity contribution in [2.45, 2.75) is 32.9 Å². The summed E-state index contributed by atoms with van der Waals surface area (Å²) in [5.74, 6) is 0. The highest BCUT2D eigenvalue weighted by atomic mass is 15.1. The minimum Gasteiger partial charge on any atom is -0.324 e. The van der Waals surface area contributed by atoms with E-state index in [1.165, 1.54) is 29.7 Å². The van der Waals surface area contributed by atoms with Crippen LogP contribution in [0.3, 0.4) is 0 Å². The summed E-state index contributed by atoms with van der Waals surface area (Å²) in [6.07, 6.45) is 1.17. The second-order valence-corrected chi connectivity index (χ2v) is 4.39. The van der Waals surface area contributed by atoms with Crippen molar-refractivity contribution in [1.29, 1.82) is 0 Å². The van der Waals surface area contributed by atoms with Crippen molar-refractivity contribution < 1.29 is 0 Å². The number of fused-ring (bicyclic) bond motifs is 1. The molecule has 0 saturated carbocycles. The van der Waals surface area contributed by atoms with E-state index in [0.717, 1.165) is 13.1 Å². The molecule has 15 heavy (non-hydrogen) atoms. The monoisotopic (exact) mass is 204 g/mol. The molecule has 1 aliphatic rings. The lowest BCUT2D eigenvalue weighted by Crippen LogP contribution is -2.31. The Morgan fingerprint density at radius 3 is 2.93 bits per heavy atom. The maximum absolute atomic E-state index is 6.01. The van der Waals surface area contributed by atoms with Crippen molar-refractivity contribution in [3.8, 4) is 0 Å². The fourth-order valence-electron chi connectivity index (χ4n) is 2.36. The molecule has 0 fully saturated rings. The van der Waals surface area contributed by atoms with Crippen LogP contribution in [0.5, 0.6) is 0 Å². The van der Waals surface area contributed by atoms with Gasteiger partial charge in [0.05, 0.1) is 0 Å². The molecule has 1 unspecified atom stereocenters. The predicted molar refractivity (Wildman–Crippen MR) is 63.7 cm³/mol. The van der Waals surface area contributed by atoms with Gasteiger partial charge in [-0.3, -0.25) is 4.90 Å². The van der Waals surface area contributed by atoms with E-state index >= 15 is 0 Å². The van der Waals surface area contributed by atoms with Gasteiger partial charge in [-0.25, -0.2) is 0 Å². The summed E-state index contributed by atoms with van der Waals surface area (Å²) >= 11 is 0. The van der Waals surface area contributed by atoms with Crippen LogP contribution in [0, 0.1) is 0 Å². The van der Waals surface area contributed by atoms with Crippen LogP contribution in [0.2, 0.25) is 0 Å². The number of nitrogens with two attached hydrogens (primary N) is 1. The lowest BCUT2D eigenvalue weighted by molar-refractivity contribution is 0.266. The molecule has 82 valence electrons. The average Bonchev–Trinajstić information content (AvgIpc) is 2.27. The van der Waals surface area contributed by atoms with Crippen molar-refractivity contribution in [2.75, 3.05) is 13.1 Å². The molecule has 1 heterocycles.